The Morgan fingerprint density at radius 1 is 0.938 bits per heavy atom. The number of amides is 1. The normalized spacial score (nSPS) is 14.9. The summed E-state index contributed by atoms with van der Waals surface area (Å²) >= 11 is 5.84. The van der Waals surface area contributed by atoms with E-state index in [4.69, 9.17) is 11.6 Å². The quantitative estimate of drug-likeness (QED) is 0.610. The van der Waals surface area contributed by atoms with Crippen LogP contribution in [-0.4, -0.2) is 49.8 Å². The molecule has 0 aliphatic carbocycles. The fourth-order valence-corrected chi connectivity index (χ4v) is 4.91. The highest BCUT2D eigenvalue weighted by atomic mass is 35.5. The molecule has 7 nitrogen and oxygen atoms in total. The largest absolute Gasteiger partial charge is 0.354 e. The molecule has 1 aliphatic heterocycles. The first-order valence-corrected chi connectivity index (χ1v) is 11.7. The summed E-state index contributed by atoms with van der Waals surface area (Å²) in [6, 6.07) is 14.9. The first kappa shape index (κ1) is 22.2. The minimum absolute atomic E-state index is 0.0752. The van der Waals surface area contributed by atoms with Gasteiger partial charge in [-0.05, 0) is 60.7 Å². The van der Waals surface area contributed by atoms with Crippen LogP contribution >= 0.6 is 11.6 Å². The fraction of sp³-hybridized carbons (Fsp3) is 0.182. The number of hydrogen-bond acceptors (Lipinski definition) is 5. The van der Waals surface area contributed by atoms with E-state index in [1.165, 1.54) is 16.4 Å². The van der Waals surface area contributed by atoms with Crippen molar-refractivity contribution in [1.82, 2.24) is 9.29 Å². The second kappa shape index (κ2) is 9.23. The van der Waals surface area contributed by atoms with Crippen LogP contribution in [0.25, 0.3) is 0 Å². The Morgan fingerprint density at radius 2 is 1.59 bits per heavy atom. The number of anilines is 2. The number of carbonyl (C=O) groups excluding carboxylic acids is 1. The topological polar surface area (TPSA) is 82.6 Å². The molecule has 0 spiro atoms. The predicted octanol–water partition coefficient (Wildman–Crippen LogP) is 3.64. The molecule has 0 bridgehead atoms. The van der Waals surface area contributed by atoms with Gasteiger partial charge in [-0.15, -0.1) is 0 Å². The monoisotopic (exact) mass is 474 g/mol. The van der Waals surface area contributed by atoms with E-state index in [0.29, 0.717) is 35.2 Å². The summed E-state index contributed by atoms with van der Waals surface area (Å²) in [4.78, 5) is 18.7. The number of aromatic nitrogens is 1. The van der Waals surface area contributed by atoms with Gasteiger partial charge in [0.25, 0.3) is 5.91 Å². The average molecular weight is 475 g/mol. The van der Waals surface area contributed by atoms with E-state index in [0.717, 1.165) is 12.1 Å². The fourth-order valence-electron chi connectivity index (χ4n) is 3.36. The maximum Gasteiger partial charge on any atom is 0.255 e. The summed E-state index contributed by atoms with van der Waals surface area (Å²) < 4.78 is 40.0. The van der Waals surface area contributed by atoms with E-state index in [1.54, 1.807) is 42.6 Å². The van der Waals surface area contributed by atoms with Crippen molar-refractivity contribution in [3.63, 3.8) is 0 Å². The van der Waals surface area contributed by atoms with Crippen molar-refractivity contribution < 1.29 is 17.6 Å². The van der Waals surface area contributed by atoms with Crippen LogP contribution in [0.15, 0.2) is 71.8 Å². The number of hydrogen-bond donors (Lipinski definition) is 1. The summed E-state index contributed by atoms with van der Waals surface area (Å²) in [7, 11) is -3.67. The van der Waals surface area contributed by atoms with Gasteiger partial charge >= 0.3 is 0 Å². The number of benzene rings is 2. The summed E-state index contributed by atoms with van der Waals surface area (Å²) in [5.41, 5.74) is 1.03. The van der Waals surface area contributed by atoms with Gasteiger partial charge in [-0.2, -0.15) is 4.31 Å². The van der Waals surface area contributed by atoms with Crippen molar-refractivity contribution >= 4 is 39.0 Å². The number of nitrogens with zero attached hydrogens (tertiary/aromatic N) is 3. The SMILES string of the molecule is O=C(Nc1ccc(N2CCN(S(=O)(=O)c3ccc(F)cc3)CC2)nc1)c1ccc(Cl)cc1. The van der Waals surface area contributed by atoms with Gasteiger partial charge in [0.2, 0.25) is 10.0 Å². The van der Waals surface area contributed by atoms with Gasteiger partial charge in [-0.25, -0.2) is 17.8 Å². The minimum atomic E-state index is -3.67. The molecule has 0 unspecified atom stereocenters. The first-order chi connectivity index (χ1) is 15.3. The third-order valence-electron chi connectivity index (χ3n) is 5.13. The second-order valence-corrected chi connectivity index (χ2v) is 9.59. The van der Waals surface area contributed by atoms with Gasteiger partial charge in [0.15, 0.2) is 0 Å². The minimum Gasteiger partial charge on any atom is -0.354 e. The lowest BCUT2D eigenvalue weighted by atomic mass is 10.2. The average Bonchev–Trinajstić information content (AvgIpc) is 2.80. The maximum atomic E-state index is 13.1. The van der Waals surface area contributed by atoms with Crippen LogP contribution < -0.4 is 10.2 Å². The zero-order chi connectivity index (χ0) is 22.7. The Bertz CT molecular complexity index is 1200. The molecule has 2 heterocycles. The van der Waals surface area contributed by atoms with E-state index in [-0.39, 0.29) is 23.9 Å². The van der Waals surface area contributed by atoms with E-state index in [9.17, 15) is 17.6 Å². The molecule has 1 saturated heterocycles. The molecule has 1 N–H and O–H groups in total. The summed E-state index contributed by atoms with van der Waals surface area (Å²) in [5, 5.41) is 3.33. The smallest absolute Gasteiger partial charge is 0.255 e. The second-order valence-electron chi connectivity index (χ2n) is 7.21. The summed E-state index contributed by atoms with van der Waals surface area (Å²) in [6.07, 6.45) is 1.56. The number of pyridine rings is 1. The molecule has 1 aromatic heterocycles. The van der Waals surface area contributed by atoms with E-state index >= 15 is 0 Å². The Hall–Kier alpha value is -3.01. The van der Waals surface area contributed by atoms with Crippen molar-refractivity contribution in [3.8, 4) is 0 Å². The number of sulfonamides is 1. The summed E-state index contributed by atoms with van der Waals surface area (Å²) in [5.74, 6) is -0.0585. The van der Waals surface area contributed by atoms with Crippen LogP contribution in [0.5, 0.6) is 0 Å². The Labute approximate surface area is 190 Å². The molecule has 10 heteroatoms. The maximum absolute atomic E-state index is 13.1. The molecule has 1 aliphatic rings. The predicted molar refractivity (Wildman–Crippen MR) is 121 cm³/mol. The number of carbonyl (C=O) groups is 1. The van der Waals surface area contributed by atoms with Crippen LogP contribution in [0, 0.1) is 5.82 Å². The first-order valence-electron chi connectivity index (χ1n) is 9.86. The highest BCUT2D eigenvalue weighted by Gasteiger charge is 2.28. The third-order valence-corrected chi connectivity index (χ3v) is 7.29. The van der Waals surface area contributed by atoms with E-state index < -0.39 is 15.8 Å². The highest BCUT2D eigenvalue weighted by Crippen LogP contribution is 2.21. The Balaban J connectivity index is 1.36. The number of piperazine rings is 1. The molecule has 0 atom stereocenters. The molecule has 32 heavy (non-hydrogen) atoms. The van der Waals surface area contributed by atoms with Crippen molar-refractivity contribution in [2.75, 3.05) is 36.4 Å². The van der Waals surface area contributed by atoms with Crippen molar-refractivity contribution in [3.05, 3.63) is 83.3 Å². The highest BCUT2D eigenvalue weighted by molar-refractivity contribution is 7.89. The molecule has 0 radical (unpaired) electrons. The van der Waals surface area contributed by atoms with Crippen molar-refractivity contribution in [2.24, 2.45) is 0 Å². The zero-order valence-electron chi connectivity index (χ0n) is 16.9. The molecule has 0 saturated carbocycles. The van der Waals surface area contributed by atoms with Gasteiger partial charge in [-0.1, -0.05) is 11.6 Å². The van der Waals surface area contributed by atoms with E-state index in [2.05, 4.69) is 10.3 Å². The van der Waals surface area contributed by atoms with Gasteiger partial charge in [-0.3, -0.25) is 4.79 Å². The van der Waals surface area contributed by atoms with Gasteiger partial charge in [0, 0.05) is 36.8 Å². The van der Waals surface area contributed by atoms with E-state index in [1.807, 2.05) is 4.90 Å². The molecule has 4 rings (SSSR count). The van der Waals surface area contributed by atoms with Crippen LogP contribution in [0.4, 0.5) is 15.9 Å². The zero-order valence-corrected chi connectivity index (χ0v) is 18.5. The standard InChI is InChI=1S/C22H20ClFN4O3S/c23-17-3-1-16(2-4-17)22(29)26-19-7-10-21(25-15-19)27-11-13-28(14-12-27)32(30,31)20-8-5-18(24)6-9-20/h1-10,15H,11-14H2,(H,26,29). The lowest BCUT2D eigenvalue weighted by Crippen LogP contribution is -2.48. The van der Waals surface area contributed by atoms with Crippen LogP contribution in [0.3, 0.4) is 0 Å². The third kappa shape index (κ3) is 4.90. The van der Waals surface area contributed by atoms with Crippen LogP contribution in [0.2, 0.25) is 5.02 Å². The van der Waals surface area contributed by atoms with Crippen LogP contribution in [-0.2, 0) is 10.0 Å². The Kier molecular flexibility index (Phi) is 6.40. The molecular formula is C22H20ClFN4O3S. The summed E-state index contributed by atoms with van der Waals surface area (Å²) in [6.45, 7) is 1.50. The number of halogens is 2. The van der Waals surface area contributed by atoms with Gasteiger partial charge < -0.3 is 10.2 Å². The lowest BCUT2D eigenvalue weighted by molar-refractivity contribution is 0.102. The Morgan fingerprint density at radius 3 is 2.19 bits per heavy atom. The van der Waals surface area contributed by atoms with Gasteiger partial charge in [0.1, 0.15) is 11.6 Å². The molecule has 2 aromatic carbocycles. The molecular weight excluding hydrogens is 455 g/mol. The number of rotatable bonds is 5. The van der Waals surface area contributed by atoms with Crippen molar-refractivity contribution in [1.29, 1.82) is 0 Å². The number of nitrogens with one attached hydrogen (secondary N) is 1. The van der Waals surface area contributed by atoms with Gasteiger partial charge in [0.05, 0.1) is 16.8 Å². The molecule has 1 amide bonds. The molecule has 166 valence electrons. The van der Waals surface area contributed by atoms with Crippen molar-refractivity contribution in [2.45, 2.75) is 4.90 Å². The molecule has 3 aromatic rings. The van der Waals surface area contributed by atoms with Crippen LogP contribution in [0.1, 0.15) is 10.4 Å². The lowest BCUT2D eigenvalue weighted by Gasteiger charge is -2.34. The molecule has 1 fully saturated rings.